The third-order valence-electron chi connectivity index (χ3n) is 3.89. The summed E-state index contributed by atoms with van der Waals surface area (Å²) >= 11 is 0. The highest BCUT2D eigenvalue weighted by atomic mass is 15.3. The standard InChI is InChI=1S/C14H26N4/c1-4-13-12(10-17(3)16-13)14(8-15)18(5-2)9-11-6-7-11/h10-11,14H,4-9,15H2,1-3H3. The van der Waals surface area contributed by atoms with Gasteiger partial charge in [0, 0.05) is 31.9 Å². The van der Waals surface area contributed by atoms with Gasteiger partial charge in [-0.2, -0.15) is 5.10 Å². The van der Waals surface area contributed by atoms with Crippen molar-refractivity contribution in [2.45, 2.75) is 39.2 Å². The zero-order chi connectivity index (χ0) is 13.1. The Kier molecular flexibility index (Phi) is 4.40. The fourth-order valence-electron chi connectivity index (χ4n) is 2.69. The zero-order valence-electron chi connectivity index (χ0n) is 11.9. The van der Waals surface area contributed by atoms with Gasteiger partial charge in [-0.25, -0.2) is 0 Å². The van der Waals surface area contributed by atoms with Gasteiger partial charge < -0.3 is 5.73 Å². The minimum absolute atomic E-state index is 0.333. The molecule has 4 heteroatoms. The first-order valence-electron chi connectivity index (χ1n) is 7.16. The van der Waals surface area contributed by atoms with Crippen LogP contribution in [0, 0.1) is 5.92 Å². The van der Waals surface area contributed by atoms with Gasteiger partial charge in [0.25, 0.3) is 0 Å². The fraction of sp³-hybridized carbons (Fsp3) is 0.786. The van der Waals surface area contributed by atoms with Crippen molar-refractivity contribution in [1.29, 1.82) is 0 Å². The summed E-state index contributed by atoms with van der Waals surface area (Å²) in [5.41, 5.74) is 8.55. The van der Waals surface area contributed by atoms with Gasteiger partial charge in [-0.15, -0.1) is 0 Å². The van der Waals surface area contributed by atoms with Crippen molar-refractivity contribution in [1.82, 2.24) is 14.7 Å². The van der Waals surface area contributed by atoms with E-state index in [0.717, 1.165) is 18.9 Å². The van der Waals surface area contributed by atoms with Gasteiger partial charge in [0.15, 0.2) is 0 Å². The van der Waals surface area contributed by atoms with Gasteiger partial charge in [-0.1, -0.05) is 13.8 Å². The molecule has 0 saturated heterocycles. The molecule has 0 amide bonds. The molecule has 1 atom stereocenters. The van der Waals surface area contributed by atoms with E-state index in [1.165, 1.54) is 30.6 Å². The smallest absolute Gasteiger partial charge is 0.0670 e. The van der Waals surface area contributed by atoms with Gasteiger partial charge in [-0.3, -0.25) is 9.58 Å². The van der Waals surface area contributed by atoms with E-state index in [2.05, 4.69) is 30.0 Å². The Morgan fingerprint density at radius 3 is 2.72 bits per heavy atom. The molecule has 2 rings (SSSR count). The lowest BCUT2D eigenvalue weighted by Crippen LogP contribution is -2.35. The molecule has 0 aromatic carbocycles. The molecule has 18 heavy (non-hydrogen) atoms. The van der Waals surface area contributed by atoms with E-state index < -0.39 is 0 Å². The summed E-state index contributed by atoms with van der Waals surface area (Å²) in [4.78, 5) is 2.52. The van der Waals surface area contributed by atoms with Crippen molar-refractivity contribution in [3.8, 4) is 0 Å². The molecule has 0 radical (unpaired) electrons. The average molecular weight is 250 g/mol. The Morgan fingerprint density at radius 2 is 2.22 bits per heavy atom. The lowest BCUT2D eigenvalue weighted by atomic mass is 10.0. The third kappa shape index (κ3) is 2.93. The first-order valence-corrected chi connectivity index (χ1v) is 7.16. The van der Waals surface area contributed by atoms with E-state index in [0.29, 0.717) is 12.6 Å². The van der Waals surface area contributed by atoms with Gasteiger partial charge in [0.2, 0.25) is 0 Å². The summed E-state index contributed by atoms with van der Waals surface area (Å²) in [6.45, 7) is 7.33. The highest BCUT2D eigenvalue weighted by Crippen LogP contribution is 2.33. The maximum absolute atomic E-state index is 6.03. The Balaban J connectivity index is 2.18. The molecule has 0 aliphatic heterocycles. The number of aryl methyl sites for hydroxylation is 2. The van der Waals surface area contributed by atoms with Crippen LogP contribution in [0.3, 0.4) is 0 Å². The Labute approximate surface area is 110 Å². The molecular weight excluding hydrogens is 224 g/mol. The number of hydrogen-bond acceptors (Lipinski definition) is 3. The summed E-state index contributed by atoms with van der Waals surface area (Å²) in [6, 6.07) is 0.333. The minimum Gasteiger partial charge on any atom is -0.329 e. The van der Waals surface area contributed by atoms with Gasteiger partial charge in [-0.05, 0) is 31.7 Å². The molecule has 1 aromatic rings. The van der Waals surface area contributed by atoms with Crippen molar-refractivity contribution < 1.29 is 0 Å². The zero-order valence-corrected chi connectivity index (χ0v) is 11.9. The van der Waals surface area contributed by atoms with Crippen LogP contribution in [0.15, 0.2) is 6.20 Å². The van der Waals surface area contributed by atoms with Gasteiger partial charge >= 0.3 is 0 Å². The lowest BCUT2D eigenvalue weighted by molar-refractivity contribution is 0.202. The first kappa shape index (κ1) is 13.6. The van der Waals surface area contributed by atoms with Crippen molar-refractivity contribution >= 4 is 0 Å². The number of likely N-dealkylation sites (N-methyl/N-ethyl adjacent to an activating group) is 1. The summed E-state index contributed by atoms with van der Waals surface area (Å²) in [5.74, 6) is 0.903. The Bertz CT molecular complexity index is 381. The number of nitrogens with two attached hydrogens (primary N) is 1. The van der Waals surface area contributed by atoms with Gasteiger partial charge in [0.1, 0.15) is 0 Å². The highest BCUT2D eigenvalue weighted by Gasteiger charge is 2.29. The topological polar surface area (TPSA) is 47.1 Å². The summed E-state index contributed by atoms with van der Waals surface area (Å²) < 4.78 is 1.92. The molecule has 1 heterocycles. The van der Waals surface area contributed by atoms with Crippen LogP contribution in [0.25, 0.3) is 0 Å². The molecule has 1 aliphatic carbocycles. The molecule has 1 saturated carbocycles. The molecule has 0 spiro atoms. The summed E-state index contributed by atoms with van der Waals surface area (Å²) in [7, 11) is 1.99. The second-order valence-corrected chi connectivity index (χ2v) is 5.34. The molecule has 2 N–H and O–H groups in total. The SMILES string of the molecule is CCc1nn(C)cc1C(CN)N(CC)CC1CC1. The van der Waals surface area contributed by atoms with Crippen molar-refractivity contribution in [2.24, 2.45) is 18.7 Å². The largest absolute Gasteiger partial charge is 0.329 e. The molecule has 102 valence electrons. The normalized spacial score (nSPS) is 17.4. The van der Waals surface area contributed by atoms with E-state index >= 15 is 0 Å². The fourth-order valence-corrected chi connectivity index (χ4v) is 2.69. The van der Waals surface area contributed by atoms with Crippen LogP contribution >= 0.6 is 0 Å². The van der Waals surface area contributed by atoms with E-state index in [1.54, 1.807) is 0 Å². The van der Waals surface area contributed by atoms with Crippen LogP contribution in [0.4, 0.5) is 0 Å². The van der Waals surface area contributed by atoms with Crippen LogP contribution in [0.2, 0.25) is 0 Å². The monoisotopic (exact) mass is 250 g/mol. The molecule has 0 bridgehead atoms. The van der Waals surface area contributed by atoms with Crippen LogP contribution in [0.1, 0.15) is 44.0 Å². The summed E-state index contributed by atoms with van der Waals surface area (Å²) in [5, 5.41) is 4.54. The highest BCUT2D eigenvalue weighted by molar-refractivity contribution is 5.22. The predicted octanol–water partition coefficient (Wildman–Crippen LogP) is 1.71. The van der Waals surface area contributed by atoms with Crippen LogP contribution < -0.4 is 5.73 Å². The lowest BCUT2D eigenvalue weighted by Gasteiger charge is -2.29. The Morgan fingerprint density at radius 1 is 1.50 bits per heavy atom. The van der Waals surface area contributed by atoms with Crippen LogP contribution in [-0.4, -0.2) is 34.3 Å². The van der Waals surface area contributed by atoms with E-state index in [1.807, 2.05) is 11.7 Å². The molecular formula is C14H26N4. The average Bonchev–Trinajstić information content (AvgIpc) is 3.11. The molecule has 1 unspecified atom stereocenters. The maximum atomic E-state index is 6.03. The number of rotatable bonds is 7. The maximum Gasteiger partial charge on any atom is 0.0670 e. The van der Waals surface area contributed by atoms with E-state index in [9.17, 15) is 0 Å². The molecule has 1 aliphatic rings. The van der Waals surface area contributed by atoms with Gasteiger partial charge in [0.05, 0.1) is 11.7 Å². The summed E-state index contributed by atoms with van der Waals surface area (Å²) in [6.07, 6.45) is 5.91. The quantitative estimate of drug-likeness (QED) is 0.801. The minimum atomic E-state index is 0.333. The van der Waals surface area contributed by atoms with E-state index in [4.69, 9.17) is 5.73 Å². The second kappa shape index (κ2) is 5.85. The van der Waals surface area contributed by atoms with Crippen LogP contribution in [-0.2, 0) is 13.5 Å². The number of nitrogens with zero attached hydrogens (tertiary/aromatic N) is 3. The van der Waals surface area contributed by atoms with Crippen molar-refractivity contribution in [2.75, 3.05) is 19.6 Å². The number of hydrogen-bond donors (Lipinski definition) is 1. The predicted molar refractivity (Wildman–Crippen MR) is 74.4 cm³/mol. The van der Waals surface area contributed by atoms with Crippen molar-refractivity contribution in [3.63, 3.8) is 0 Å². The molecule has 4 nitrogen and oxygen atoms in total. The Hall–Kier alpha value is -0.870. The third-order valence-corrected chi connectivity index (χ3v) is 3.89. The molecule has 1 fully saturated rings. The van der Waals surface area contributed by atoms with Crippen molar-refractivity contribution in [3.05, 3.63) is 17.5 Å². The number of aromatic nitrogens is 2. The van der Waals surface area contributed by atoms with E-state index in [-0.39, 0.29) is 0 Å². The molecule has 1 aromatic heterocycles. The second-order valence-electron chi connectivity index (χ2n) is 5.34. The first-order chi connectivity index (χ1) is 8.69. The van der Waals surface area contributed by atoms with Crippen LogP contribution in [0.5, 0.6) is 0 Å².